The van der Waals surface area contributed by atoms with Crippen LogP contribution in [0.4, 0.5) is 0 Å². The Hall–Kier alpha value is -0.120. The Morgan fingerprint density at radius 2 is 1.78 bits per heavy atom. The highest BCUT2D eigenvalue weighted by Gasteiger charge is 2.28. The molecule has 18 heavy (non-hydrogen) atoms. The van der Waals surface area contributed by atoms with Gasteiger partial charge in [-0.2, -0.15) is 0 Å². The van der Waals surface area contributed by atoms with E-state index >= 15 is 0 Å². The van der Waals surface area contributed by atoms with Crippen molar-refractivity contribution in [3.63, 3.8) is 0 Å². The average molecular weight is 255 g/mol. The van der Waals surface area contributed by atoms with E-state index in [2.05, 4.69) is 43.1 Å². The van der Waals surface area contributed by atoms with Gasteiger partial charge >= 0.3 is 0 Å². The predicted molar refractivity (Wildman–Crippen MR) is 80.1 cm³/mol. The zero-order chi connectivity index (χ0) is 13.4. The second-order valence-electron chi connectivity index (χ2n) is 5.80. The molecule has 2 atom stereocenters. The van der Waals surface area contributed by atoms with E-state index < -0.39 is 0 Å². The summed E-state index contributed by atoms with van der Waals surface area (Å²) in [6.07, 6.45) is 6.85. The third kappa shape index (κ3) is 5.25. The van der Waals surface area contributed by atoms with Gasteiger partial charge in [0.15, 0.2) is 0 Å². The first-order valence-corrected chi connectivity index (χ1v) is 7.81. The number of nitrogens with zero attached hydrogens (tertiary/aromatic N) is 2. The topological polar surface area (TPSA) is 18.5 Å². The Balaban J connectivity index is 2.44. The summed E-state index contributed by atoms with van der Waals surface area (Å²) in [5.41, 5.74) is 0. The number of rotatable bonds is 8. The highest BCUT2D eigenvalue weighted by atomic mass is 15.2. The predicted octanol–water partition coefficient (Wildman–Crippen LogP) is 2.18. The summed E-state index contributed by atoms with van der Waals surface area (Å²) in [5.74, 6) is 0. The molecule has 1 N–H and O–H groups in total. The first-order chi connectivity index (χ1) is 8.69. The molecule has 0 spiro atoms. The van der Waals surface area contributed by atoms with Crippen molar-refractivity contribution in [2.75, 3.05) is 40.3 Å². The van der Waals surface area contributed by atoms with Gasteiger partial charge in [0, 0.05) is 12.1 Å². The summed E-state index contributed by atoms with van der Waals surface area (Å²) in [7, 11) is 4.33. The molecular formula is C15H33N3. The summed E-state index contributed by atoms with van der Waals surface area (Å²) in [5, 5.41) is 3.70. The largest absolute Gasteiger partial charge is 0.313 e. The van der Waals surface area contributed by atoms with E-state index in [1.54, 1.807) is 0 Å². The lowest BCUT2D eigenvalue weighted by molar-refractivity contribution is 0.124. The van der Waals surface area contributed by atoms with Gasteiger partial charge in [-0.25, -0.2) is 0 Å². The van der Waals surface area contributed by atoms with Crippen LogP contribution >= 0.6 is 0 Å². The van der Waals surface area contributed by atoms with E-state index in [0.717, 1.165) is 18.6 Å². The minimum Gasteiger partial charge on any atom is -0.313 e. The van der Waals surface area contributed by atoms with Gasteiger partial charge in [0.05, 0.1) is 0 Å². The van der Waals surface area contributed by atoms with E-state index in [9.17, 15) is 0 Å². The second-order valence-corrected chi connectivity index (χ2v) is 5.80. The molecule has 0 aromatic carbocycles. The summed E-state index contributed by atoms with van der Waals surface area (Å²) in [6.45, 7) is 9.30. The van der Waals surface area contributed by atoms with Crippen LogP contribution in [0.5, 0.6) is 0 Å². The molecule has 108 valence electrons. The molecule has 2 unspecified atom stereocenters. The molecular weight excluding hydrogens is 222 g/mol. The quantitative estimate of drug-likeness (QED) is 0.717. The van der Waals surface area contributed by atoms with Gasteiger partial charge in [-0.15, -0.1) is 0 Å². The van der Waals surface area contributed by atoms with Gasteiger partial charge in [-0.3, -0.25) is 4.90 Å². The molecule has 0 aromatic rings. The maximum absolute atomic E-state index is 3.70. The summed E-state index contributed by atoms with van der Waals surface area (Å²) in [4.78, 5) is 4.99. The van der Waals surface area contributed by atoms with Gasteiger partial charge < -0.3 is 10.2 Å². The van der Waals surface area contributed by atoms with Crippen molar-refractivity contribution in [3.05, 3.63) is 0 Å². The fourth-order valence-corrected chi connectivity index (χ4v) is 3.20. The standard InChI is InChI=1S/C15H33N3/c1-5-16-14-10-7-8-11-15(14)18(6-2)13-9-12-17(3)4/h14-16H,5-13H2,1-4H3. The monoisotopic (exact) mass is 255 g/mol. The lowest BCUT2D eigenvalue weighted by Crippen LogP contribution is -2.52. The molecule has 0 radical (unpaired) electrons. The Morgan fingerprint density at radius 3 is 2.39 bits per heavy atom. The first kappa shape index (κ1) is 15.9. The van der Waals surface area contributed by atoms with Crippen LogP contribution in [0.15, 0.2) is 0 Å². The Kier molecular flexibility index (Phi) is 7.87. The number of hydrogen-bond acceptors (Lipinski definition) is 3. The molecule has 0 aromatic heterocycles. The number of hydrogen-bond donors (Lipinski definition) is 1. The van der Waals surface area contributed by atoms with Crippen LogP contribution in [0.1, 0.15) is 46.0 Å². The summed E-state index contributed by atoms with van der Waals surface area (Å²) in [6, 6.07) is 1.49. The van der Waals surface area contributed by atoms with Crippen LogP contribution < -0.4 is 5.32 Å². The van der Waals surface area contributed by atoms with Crippen LogP contribution in [-0.4, -0.2) is 62.2 Å². The lowest BCUT2D eigenvalue weighted by atomic mass is 9.89. The molecule has 0 amide bonds. The van der Waals surface area contributed by atoms with E-state index in [0.29, 0.717) is 0 Å². The van der Waals surface area contributed by atoms with Crippen molar-refractivity contribution in [2.45, 2.75) is 58.0 Å². The molecule has 3 heteroatoms. The minimum atomic E-state index is 0.725. The zero-order valence-electron chi connectivity index (χ0n) is 12.9. The lowest BCUT2D eigenvalue weighted by Gasteiger charge is -2.40. The SMILES string of the molecule is CCNC1CCCCC1N(CC)CCCN(C)C. The highest BCUT2D eigenvalue weighted by Crippen LogP contribution is 2.23. The molecule has 1 fully saturated rings. The third-order valence-electron chi connectivity index (χ3n) is 4.12. The van der Waals surface area contributed by atoms with E-state index in [-0.39, 0.29) is 0 Å². The van der Waals surface area contributed by atoms with Crippen molar-refractivity contribution in [1.29, 1.82) is 0 Å². The third-order valence-corrected chi connectivity index (χ3v) is 4.12. The van der Waals surface area contributed by atoms with Gasteiger partial charge in [0.2, 0.25) is 0 Å². The van der Waals surface area contributed by atoms with E-state index in [4.69, 9.17) is 0 Å². The van der Waals surface area contributed by atoms with Crippen LogP contribution in [0.3, 0.4) is 0 Å². The van der Waals surface area contributed by atoms with Gasteiger partial charge in [0.1, 0.15) is 0 Å². The fourth-order valence-electron chi connectivity index (χ4n) is 3.20. The van der Waals surface area contributed by atoms with Crippen LogP contribution in [-0.2, 0) is 0 Å². The Bertz CT molecular complexity index is 204. The Labute approximate surface area is 114 Å². The van der Waals surface area contributed by atoms with Crippen molar-refractivity contribution in [3.8, 4) is 0 Å². The van der Waals surface area contributed by atoms with Crippen LogP contribution in [0, 0.1) is 0 Å². The van der Waals surface area contributed by atoms with Crippen molar-refractivity contribution in [1.82, 2.24) is 15.1 Å². The molecule has 1 saturated carbocycles. The molecule has 1 aliphatic rings. The van der Waals surface area contributed by atoms with Gasteiger partial charge in [-0.05, 0) is 59.5 Å². The molecule has 1 rings (SSSR count). The van der Waals surface area contributed by atoms with E-state index in [1.165, 1.54) is 51.7 Å². The molecule has 3 nitrogen and oxygen atoms in total. The van der Waals surface area contributed by atoms with E-state index in [1.807, 2.05) is 0 Å². The molecule has 0 heterocycles. The average Bonchev–Trinajstić information content (AvgIpc) is 2.36. The smallest absolute Gasteiger partial charge is 0.0249 e. The first-order valence-electron chi connectivity index (χ1n) is 7.81. The van der Waals surface area contributed by atoms with Crippen molar-refractivity contribution >= 4 is 0 Å². The second kappa shape index (κ2) is 8.89. The number of nitrogens with one attached hydrogen (secondary N) is 1. The molecule has 1 aliphatic carbocycles. The van der Waals surface area contributed by atoms with Gasteiger partial charge in [0.25, 0.3) is 0 Å². The highest BCUT2D eigenvalue weighted by molar-refractivity contribution is 4.87. The zero-order valence-corrected chi connectivity index (χ0v) is 12.9. The molecule has 0 saturated heterocycles. The maximum atomic E-state index is 3.70. The summed E-state index contributed by atoms with van der Waals surface area (Å²) >= 11 is 0. The number of likely N-dealkylation sites (N-methyl/N-ethyl adjacent to an activating group) is 2. The normalized spacial score (nSPS) is 25.0. The van der Waals surface area contributed by atoms with Crippen LogP contribution in [0.25, 0.3) is 0 Å². The summed E-state index contributed by atoms with van der Waals surface area (Å²) < 4.78 is 0. The fraction of sp³-hybridized carbons (Fsp3) is 1.00. The van der Waals surface area contributed by atoms with Gasteiger partial charge in [-0.1, -0.05) is 26.7 Å². The molecule has 0 bridgehead atoms. The Morgan fingerprint density at radius 1 is 1.06 bits per heavy atom. The van der Waals surface area contributed by atoms with Crippen LogP contribution in [0.2, 0.25) is 0 Å². The minimum absolute atomic E-state index is 0.725. The van der Waals surface area contributed by atoms with Crippen molar-refractivity contribution < 1.29 is 0 Å². The van der Waals surface area contributed by atoms with Crippen molar-refractivity contribution in [2.24, 2.45) is 0 Å². The maximum Gasteiger partial charge on any atom is 0.0249 e. The molecule has 0 aliphatic heterocycles.